The molecule has 0 N–H and O–H groups in total. The van der Waals surface area contributed by atoms with Crippen molar-refractivity contribution in [3.8, 4) is 0 Å². The molecule has 5 heteroatoms. The Morgan fingerprint density at radius 1 is 1.41 bits per heavy atom. The summed E-state index contributed by atoms with van der Waals surface area (Å²) < 4.78 is 7.33. The van der Waals surface area contributed by atoms with E-state index < -0.39 is 6.10 Å². The van der Waals surface area contributed by atoms with E-state index in [-0.39, 0.29) is 5.97 Å². The number of esters is 1. The van der Waals surface area contributed by atoms with Crippen molar-refractivity contribution in [2.24, 2.45) is 0 Å². The van der Waals surface area contributed by atoms with Crippen LogP contribution in [-0.4, -0.2) is 39.4 Å². The molecule has 84 valence electrons. The third-order valence-electron chi connectivity index (χ3n) is 2.28. The molecule has 0 aliphatic rings. The molecule has 1 unspecified atom stereocenters. The number of hydrogen-bond donors (Lipinski definition) is 0. The molecule has 0 amide bonds. The van der Waals surface area contributed by atoms with Gasteiger partial charge in [-0.05, 0) is 0 Å². The van der Waals surface area contributed by atoms with Crippen LogP contribution in [0, 0.1) is 0 Å². The molecule has 0 spiro atoms. The van der Waals surface area contributed by atoms with E-state index in [1.165, 1.54) is 6.92 Å². The topological polar surface area (TPSA) is 44.1 Å². The van der Waals surface area contributed by atoms with Gasteiger partial charge in [-0.15, -0.1) is 0 Å². The standard InChI is InChI=1S/C12H11N2O2.Tl/c1-9(15)16-12(11-7-13-8-14-11)10-5-3-2-4-6-10;/h2-8,12H,1H3;/q-1;+1. The van der Waals surface area contributed by atoms with Crippen molar-refractivity contribution in [2.45, 2.75) is 13.0 Å². The number of carbonyl (C=O) groups is 1. The SMILES string of the molecule is CC(=O)OC(c1ccccc1)c1c[n]([Tl])cn1. The summed E-state index contributed by atoms with van der Waals surface area (Å²) in [5.41, 5.74) is 1.71. The molecule has 1 aromatic carbocycles. The number of benzene rings is 1. The normalized spacial score (nSPS) is 12.0. The quantitative estimate of drug-likeness (QED) is 0.559. The van der Waals surface area contributed by atoms with E-state index in [0.717, 1.165) is 11.3 Å². The molecule has 0 fully saturated rings. The third-order valence-corrected chi connectivity index (χ3v) is 3.37. The molecule has 0 bridgehead atoms. The Hall–Kier alpha value is -1.18. The van der Waals surface area contributed by atoms with Crippen molar-refractivity contribution in [3.63, 3.8) is 0 Å². The fourth-order valence-electron chi connectivity index (χ4n) is 1.58. The van der Waals surface area contributed by atoms with Gasteiger partial charge < -0.3 is 0 Å². The van der Waals surface area contributed by atoms with Gasteiger partial charge in [-0.3, -0.25) is 0 Å². The fraction of sp³-hybridized carbons (Fsp3) is 0.167. The zero-order valence-electron chi connectivity index (χ0n) is 9.41. The Balaban J connectivity index is 2.35. The maximum absolute atomic E-state index is 11.2. The van der Waals surface area contributed by atoms with E-state index in [1.807, 2.05) is 38.9 Å². The Morgan fingerprint density at radius 3 is 2.65 bits per heavy atom. The van der Waals surface area contributed by atoms with Crippen molar-refractivity contribution >= 4 is 32.0 Å². The van der Waals surface area contributed by atoms with Crippen LogP contribution in [0.2, 0.25) is 0 Å². The first-order valence-corrected chi connectivity index (χ1v) is 7.18. The van der Waals surface area contributed by atoms with Gasteiger partial charge in [-0.2, -0.15) is 0 Å². The second kappa shape index (κ2) is 5.44. The Bertz CT molecular complexity index is 510. The maximum atomic E-state index is 11.2. The molecule has 1 atom stereocenters. The first-order chi connectivity index (χ1) is 8.16. The average molecular weight is 420 g/mol. The Morgan fingerprint density at radius 2 is 2.12 bits per heavy atom. The van der Waals surface area contributed by atoms with Crippen molar-refractivity contribution in [1.82, 2.24) is 7.36 Å². The first-order valence-electron chi connectivity index (χ1n) is 5.18. The van der Waals surface area contributed by atoms with Crippen LogP contribution in [0.5, 0.6) is 0 Å². The molecule has 4 nitrogen and oxygen atoms in total. The molecule has 2 rings (SSSR count). The second-order valence-electron chi connectivity index (χ2n) is 3.65. The third kappa shape index (κ3) is 3.15. The summed E-state index contributed by atoms with van der Waals surface area (Å²) in [6.07, 6.45) is 3.28. The zero-order valence-corrected chi connectivity index (χ0v) is 13.9. The minimum atomic E-state index is -0.409. The number of carbonyl (C=O) groups excluding carboxylic acids is 1. The van der Waals surface area contributed by atoms with Gasteiger partial charge in [0.15, 0.2) is 0 Å². The van der Waals surface area contributed by atoms with Gasteiger partial charge >= 0.3 is 116 Å². The molecule has 1 aromatic heterocycles. The van der Waals surface area contributed by atoms with Crippen LogP contribution in [0.15, 0.2) is 42.9 Å². The molecular formula is C12H11N2O2Tl. The van der Waals surface area contributed by atoms with Crippen LogP contribution in [0.25, 0.3) is 0 Å². The van der Waals surface area contributed by atoms with Gasteiger partial charge in [-0.25, -0.2) is 0 Å². The van der Waals surface area contributed by atoms with Gasteiger partial charge in [0.2, 0.25) is 0 Å². The summed E-state index contributed by atoms with van der Waals surface area (Å²) in [4.78, 5) is 15.4. The van der Waals surface area contributed by atoms with Crippen LogP contribution in [0.1, 0.15) is 24.3 Å². The molecule has 1 heterocycles. The van der Waals surface area contributed by atoms with Gasteiger partial charge in [0.25, 0.3) is 0 Å². The van der Waals surface area contributed by atoms with Crippen LogP contribution in [0.4, 0.5) is 0 Å². The monoisotopic (exact) mass is 420 g/mol. The summed E-state index contributed by atoms with van der Waals surface area (Å²) >= 11 is 0.662. The molecule has 0 radical (unpaired) electrons. The number of imidazole rings is 1. The molecule has 17 heavy (non-hydrogen) atoms. The van der Waals surface area contributed by atoms with Crippen molar-refractivity contribution in [1.29, 1.82) is 0 Å². The summed E-state index contributed by atoms with van der Waals surface area (Å²) in [7, 11) is 0. The molecule has 0 aliphatic heterocycles. The van der Waals surface area contributed by atoms with Gasteiger partial charge in [-0.1, -0.05) is 0 Å². The van der Waals surface area contributed by atoms with E-state index in [4.69, 9.17) is 4.74 Å². The predicted octanol–water partition coefficient (Wildman–Crippen LogP) is 1.47. The summed E-state index contributed by atoms with van der Waals surface area (Å²) in [5, 5.41) is 0. The van der Waals surface area contributed by atoms with Crippen molar-refractivity contribution in [2.75, 3.05) is 0 Å². The molecular weight excluding hydrogens is 409 g/mol. The Kier molecular flexibility index (Phi) is 3.93. The van der Waals surface area contributed by atoms with E-state index in [2.05, 4.69) is 4.98 Å². The summed E-state index contributed by atoms with van der Waals surface area (Å²) in [5.74, 6) is -0.302. The van der Waals surface area contributed by atoms with Gasteiger partial charge in [0.1, 0.15) is 0 Å². The number of hydrogen-bond acceptors (Lipinski definition) is 3. The van der Waals surface area contributed by atoms with Crippen LogP contribution >= 0.6 is 0 Å². The van der Waals surface area contributed by atoms with E-state index in [9.17, 15) is 4.79 Å². The second-order valence-corrected chi connectivity index (χ2v) is 5.96. The predicted molar refractivity (Wildman–Crippen MR) is 63.4 cm³/mol. The molecule has 2 aromatic rings. The van der Waals surface area contributed by atoms with Crippen molar-refractivity contribution < 1.29 is 9.53 Å². The zero-order chi connectivity index (χ0) is 12.3. The number of ether oxygens (including phenoxy) is 1. The minimum absolute atomic E-state index is 0.302. The fourth-order valence-corrected chi connectivity index (χ4v) is 2.43. The van der Waals surface area contributed by atoms with Gasteiger partial charge in [0.05, 0.1) is 0 Å². The van der Waals surface area contributed by atoms with Crippen LogP contribution < -0.4 is 0 Å². The number of nitrogens with zero attached hydrogens (tertiary/aromatic N) is 2. The molecule has 0 saturated carbocycles. The molecule has 0 aliphatic carbocycles. The summed E-state index contributed by atoms with van der Waals surface area (Å²) in [6, 6.07) is 9.64. The van der Waals surface area contributed by atoms with Crippen LogP contribution in [0.3, 0.4) is 0 Å². The van der Waals surface area contributed by atoms with Gasteiger partial charge in [0, 0.05) is 0 Å². The van der Waals surface area contributed by atoms with E-state index >= 15 is 0 Å². The first kappa shape index (κ1) is 12.3. The Labute approximate surface area is 116 Å². The van der Waals surface area contributed by atoms with E-state index in [0.29, 0.717) is 26.1 Å². The van der Waals surface area contributed by atoms with Crippen molar-refractivity contribution in [3.05, 3.63) is 54.1 Å². The summed E-state index contributed by atoms with van der Waals surface area (Å²) in [6.45, 7) is 1.41. The average Bonchev–Trinajstić information content (AvgIpc) is 2.73. The number of aromatic nitrogens is 2. The van der Waals surface area contributed by atoms with E-state index in [1.54, 1.807) is 6.33 Å². The molecule has 0 saturated heterocycles. The number of rotatable bonds is 3. The van der Waals surface area contributed by atoms with Crippen LogP contribution in [-0.2, 0) is 9.53 Å².